The number of methoxy groups -OCH3 is 2. The van der Waals surface area contributed by atoms with Crippen molar-refractivity contribution in [3.63, 3.8) is 0 Å². The van der Waals surface area contributed by atoms with Crippen LogP contribution in [-0.4, -0.2) is 63.6 Å². The predicted octanol–water partition coefficient (Wildman–Crippen LogP) is -0.797. The fourth-order valence-corrected chi connectivity index (χ4v) is 2.54. The fourth-order valence-electron chi connectivity index (χ4n) is 0.896. The minimum Gasteiger partial charge on any atom is -0.468 e. The summed E-state index contributed by atoms with van der Waals surface area (Å²) in [6.07, 6.45) is 0. The van der Waals surface area contributed by atoms with Crippen molar-refractivity contribution in [3.8, 4) is 0 Å². The summed E-state index contributed by atoms with van der Waals surface area (Å²) >= 11 is 5.33. The van der Waals surface area contributed by atoms with Gasteiger partial charge in [0.25, 0.3) is 0 Å². The Hall–Kier alpha value is -0.860. The van der Waals surface area contributed by atoms with Crippen molar-refractivity contribution < 1.29 is 27.5 Å². The molecule has 0 unspecified atom stereocenters. The summed E-state index contributed by atoms with van der Waals surface area (Å²) in [5.74, 6) is -2.05. The fraction of sp³-hybridized carbons (Fsp3) is 0.750. The van der Waals surface area contributed by atoms with Crippen LogP contribution in [-0.2, 0) is 29.1 Å². The second kappa shape index (κ2) is 7.46. The van der Waals surface area contributed by atoms with Gasteiger partial charge in [0.1, 0.15) is 13.1 Å². The number of carbonyl (C=O) groups excluding carboxylic acids is 2. The molecule has 0 saturated carbocycles. The molecule has 0 rings (SSSR count). The smallest absolute Gasteiger partial charge is 0.321 e. The highest BCUT2D eigenvalue weighted by molar-refractivity contribution is 7.89. The monoisotopic (exact) mass is 287 g/mol. The molecule has 17 heavy (non-hydrogen) atoms. The van der Waals surface area contributed by atoms with Gasteiger partial charge in [-0.25, -0.2) is 8.42 Å². The van der Waals surface area contributed by atoms with Gasteiger partial charge in [0.15, 0.2) is 0 Å². The lowest BCUT2D eigenvalue weighted by atomic mass is 10.6. The molecule has 0 aliphatic carbocycles. The molecule has 0 N–H and O–H groups in total. The Bertz CT molecular complexity index is 350. The van der Waals surface area contributed by atoms with Crippen LogP contribution < -0.4 is 0 Å². The highest BCUT2D eigenvalue weighted by Crippen LogP contribution is 2.03. The van der Waals surface area contributed by atoms with Gasteiger partial charge in [0, 0.05) is 5.88 Å². The average Bonchev–Trinajstić information content (AvgIpc) is 2.27. The number of alkyl halides is 1. The number of esters is 2. The second-order valence-corrected chi connectivity index (χ2v) is 5.39. The molecule has 0 aromatic carbocycles. The third-order valence-electron chi connectivity index (χ3n) is 1.79. The molecule has 0 aromatic heterocycles. The maximum atomic E-state index is 11.7. The maximum Gasteiger partial charge on any atom is 0.321 e. The number of rotatable bonds is 7. The van der Waals surface area contributed by atoms with E-state index in [1.165, 1.54) is 0 Å². The summed E-state index contributed by atoms with van der Waals surface area (Å²) in [7, 11) is -1.55. The average molecular weight is 288 g/mol. The van der Waals surface area contributed by atoms with Crippen LogP contribution in [0.2, 0.25) is 0 Å². The standard InChI is InChI=1S/C8H14ClNO6S/c1-15-7(11)5-10(6-8(12)16-2)17(13,14)4-3-9/h3-6H2,1-2H3. The number of carbonyl (C=O) groups is 2. The third-order valence-corrected chi connectivity index (χ3v) is 3.97. The molecule has 0 saturated heterocycles. The van der Waals surface area contributed by atoms with E-state index in [1.807, 2.05) is 0 Å². The summed E-state index contributed by atoms with van der Waals surface area (Å²) in [5.41, 5.74) is 0. The van der Waals surface area contributed by atoms with Crippen molar-refractivity contribution >= 4 is 33.6 Å². The molecule has 0 aromatic rings. The van der Waals surface area contributed by atoms with E-state index >= 15 is 0 Å². The molecule has 0 fully saturated rings. The highest BCUT2D eigenvalue weighted by Gasteiger charge is 2.27. The first-order chi connectivity index (χ1) is 7.87. The van der Waals surface area contributed by atoms with E-state index in [-0.39, 0.29) is 11.6 Å². The molecular weight excluding hydrogens is 274 g/mol. The molecule has 100 valence electrons. The third kappa shape index (κ3) is 5.85. The SMILES string of the molecule is COC(=O)CN(CC(=O)OC)S(=O)(=O)CCCl. The Balaban J connectivity index is 4.84. The number of nitrogens with zero attached hydrogens (tertiary/aromatic N) is 1. The lowest BCUT2D eigenvalue weighted by molar-refractivity contribution is -0.143. The van der Waals surface area contributed by atoms with Gasteiger partial charge in [0.05, 0.1) is 20.0 Å². The first kappa shape index (κ1) is 16.1. The van der Waals surface area contributed by atoms with E-state index in [4.69, 9.17) is 11.6 Å². The Morgan fingerprint density at radius 3 is 1.82 bits per heavy atom. The molecule has 0 aliphatic heterocycles. The number of sulfonamides is 1. The molecule has 0 aliphatic rings. The van der Waals surface area contributed by atoms with E-state index < -0.39 is 35.1 Å². The Kier molecular flexibility index (Phi) is 7.09. The van der Waals surface area contributed by atoms with Crippen LogP contribution in [0.15, 0.2) is 0 Å². The van der Waals surface area contributed by atoms with Gasteiger partial charge >= 0.3 is 11.9 Å². The van der Waals surface area contributed by atoms with Crippen molar-refractivity contribution in [1.29, 1.82) is 0 Å². The number of ether oxygens (including phenoxy) is 2. The molecule has 9 heteroatoms. The minimum atomic E-state index is -3.78. The Morgan fingerprint density at radius 1 is 1.12 bits per heavy atom. The summed E-state index contributed by atoms with van der Waals surface area (Å²) in [6, 6.07) is 0. The van der Waals surface area contributed by atoms with Crippen molar-refractivity contribution in [2.24, 2.45) is 0 Å². The van der Waals surface area contributed by atoms with Gasteiger partial charge in [-0.15, -0.1) is 11.6 Å². The van der Waals surface area contributed by atoms with Crippen LogP contribution in [0.3, 0.4) is 0 Å². The molecule has 0 spiro atoms. The quantitative estimate of drug-likeness (QED) is 0.450. The molecule has 0 amide bonds. The zero-order valence-corrected chi connectivity index (χ0v) is 11.1. The number of hydrogen-bond donors (Lipinski definition) is 0. The molecule has 0 atom stereocenters. The van der Waals surface area contributed by atoms with Gasteiger partial charge in [-0.3, -0.25) is 9.59 Å². The van der Waals surface area contributed by atoms with Crippen LogP contribution >= 0.6 is 11.6 Å². The molecular formula is C8H14ClNO6S. The van der Waals surface area contributed by atoms with Crippen LogP contribution in [0, 0.1) is 0 Å². The lowest BCUT2D eigenvalue weighted by Crippen LogP contribution is -2.41. The van der Waals surface area contributed by atoms with Gasteiger partial charge in [-0.1, -0.05) is 0 Å². The molecule has 0 bridgehead atoms. The van der Waals surface area contributed by atoms with Crippen molar-refractivity contribution in [1.82, 2.24) is 4.31 Å². The van der Waals surface area contributed by atoms with Crippen molar-refractivity contribution in [2.45, 2.75) is 0 Å². The van der Waals surface area contributed by atoms with E-state index in [0.717, 1.165) is 14.2 Å². The molecule has 0 heterocycles. The summed E-state index contributed by atoms with van der Waals surface area (Å²) in [6.45, 7) is -1.10. The first-order valence-electron chi connectivity index (χ1n) is 4.54. The van der Waals surface area contributed by atoms with Crippen LogP contribution in [0.1, 0.15) is 0 Å². The number of halogens is 1. The van der Waals surface area contributed by atoms with Gasteiger partial charge < -0.3 is 9.47 Å². The van der Waals surface area contributed by atoms with Gasteiger partial charge in [-0.05, 0) is 0 Å². The molecule has 7 nitrogen and oxygen atoms in total. The second-order valence-electron chi connectivity index (χ2n) is 2.93. The van der Waals surface area contributed by atoms with Gasteiger partial charge in [0.2, 0.25) is 10.0 Å². The number of hydrogen-bond acceptors (Lipinski definition) is 6. The summed E-state index contributed by atoms with van der Waals surface area (Å²) < 4.78 is 32.7. The highest BCUT2D eigenvalue weighted by atomic mass is 35.5. The minimum absolute atomic E-state index is 0.138. The summed E-state index contributed by atoms with van der Waals surface area (Å²) in [4.78, 5) is 22.1. The Labute approximate surface area is 105 Å². The topological polar surface area (TPSA) is 90.0 Å². The first-order valence-corrected chi connectivity index (χ1v) is 6.69. The van der Waals surface area contributed by atoms with E-state index in [2.05, 4.69) is 9.47 Å². The largest absolute Gasteiger partial charge is 0.468 e. The summed E-state index contributed by atoms with van der Waals surface area (Å²) in [5, 5.41) is 0. The maximum absolute atomic E-state index is 11.7. The van der Waals surface area contributed by atoms with E-state index in [1.54, 1.807) is 0 Å². The van der Waals surface area contributed by atoms with Gasteiger partial charge in [-0.2, -0.15) is 4.31 Å². The van der Waals surface area contributed by atoms with Crippen LogP contribution in [0.25, 0.3) is 0 Å². The van der Waals surface area contributed by atoms with E-state index in [9.17, 15) is 18.0 Å². The normalized spacial score (nSPS) is 11.3. The molecule has 0 radical (unpaired) electrons. The zero-order valence-electron chi connectivity index (χ0n) is 9.51. The Morgan fingerprint density at radius 2 is 1.53 bits per heavy atom. The lowest BCUT2D eigenvalue weighted by Gasteiger charge is -2.18. The van der Waals surface area contributed by atoms with Crippen LogP contribution in [0.5, 0.6) is 0 Å². The van der Waals surface area contributed by atoms with Crippen LogP contribution in [0.4, 0.5) is 0 Å². The van der Waals surface area contributed by atoms with Crippen molar-refractivity contribution in [3.05, 3.63) is 0 Å². The van der Waals surface area contributed by atoms with E-state index in [0.29, 0.717) is 4.31 Å². The van der Waals surface area contributed by atoms with Crippen molar-refractivity contribution in [2.75, 3.05) is 38.9 Å². The zero-order chi connectivity index (χ0) is 13.5. The predicted molar refractivity (Wildman–Crippen MR) is 60.1 cm³/mol.